The minimum Gasteiger partial charge on any atom is -0.375 e. The van der Waals surface area contributed by atoms with Crippen molar-refractivity contribution in [3.8, 4) is 6.07 Å². The van der Waals surface area contributed by atoms with Crippen molar-refractivity contribution in [2.24, 2.45) is 0 Å². The summed E-state index contributed by atoms with van der Waals surface area (Å²) in [6.45, 7) is 3.56. The largest absolute Gasteiger partial charge is 0.375 e. The summed E-state index contributed by atoms with van der Waals surface area (Å²) in [5.41, 5.74) is 0. The van der Waals surface area contributed by atoms with Gasteiger partial charge in [-0.05, 0) is 0 Å². The maximum Gasteiger partial charge on any atom is 0.248 e. The van der Waals surface area contributed by atoms with Gasteiger partial charge in [0, 0.05) is 33.3 Å². The molecule has 1 heterocycles. The van der Waals surface area contributed by atoms with Gasteiger partial charge in [0.1, 0.15) is 6.61 Å². The summed E-state index contributed by atoms with van der Waals surface area (Å²) in [7, 11) is 1.52. The highest BCUT2D eigenvalue weighted by Crippen LogP contribution is 2.01. The highest BCUT2D eigenvalue weighted by atomic mass is 16.5. The third kappa shape index (κ3) is 2.98. The second-order valence-corrected chi connectivity index (χ2v) is 3.25. The lowest BCUT2D eigenvalue weighted by Gasteiger charge is -2.33. The molecule has 1 saturated heterocycles. The molecule has 0 aromatic heterocycles. The van der Waals surface area contributed by atoms with Crippen molar-refractivity contribution in [2.75, 3.05) is 46.4 Å². The van der Waals surface area contributed by atoms with Gasteiger partial charge < -0.3 is 9.64 Å². The van der Waals surface area contributed by atoms with Gasteiger partial charge in [-0.3, -0.25) is 9.69 Å². The SMILES string of the molecule is COCC(=O)N1CCN(CC#N)CC1. The normalized spacial score (nSPS) is 17.9. The molecule has 0 aromatic rings. The molecule has 0 aromatic carbocycles. The van der Waals surface area contributed by atoms with Crippen molar-refractivity contribution < 1.29 is 9.53 Å². The van der Waals surface area contributed by atoms with E-state index in [0.29, 0.717) is 19.6 Å². The second kappa shape index (κ2) is 5.58. The lowest BCUT2D eigenvalue weighted by Crippen LogP contribution is -2.49. The molecule has 0 saturated carbocycles. The van der Waals surface area contributed by atoms with Gasteiger partial charge in [0.25, 0.3) is 0 Å². The quantitative estimate of drug-likeness (QED) is 0.561. The molecule has 14 heavy (non-hydrogen) atoms. The summed E-state index contributed by atoms with van der Waals surface area (Å²) in [4.78, 5) is 15.2. The molecule has 0 radical (unpaired) electrons. The van der Waals surface area contributed by atoms with Gasteiger partial charge in [0.15, 0.2) is 0 Å². The average molecular weight is 197 g/mol. The minimum absolute atomic E-state index is 0.0316. The van der Waals surface area contributed by atoms with Crippen LogP contribution < -0.4 is 0 Å². The Bertz CT molecular complexity index is 229. The minimum atomic E-state index is 0.0316. The van der Waals surface area contributed by atoms with Gasteiger partial charge in [-0.1, -0.05) is 0 Å². The molecule has 1 rings (SSSR count). The number of rotatable bonds is 3. The molecule has 0 aliphatic carbocycles. The number of carbonyl (C=O) groups is 1. The third-order valence-electron chi connectivity index (χ3n) is 2.29. The highest BCUT2D eigenvalue weighted by Gasteiger charge is 2.19. The predicted molar refractivity (Wildman–Crippen MR) is 50.5 cm³/mol. The van der Waals surface area contributed by atoms with E-state index in [9.17, 15) is 4.79 Å². The van der Waals surface area contributed by atoms with Crippen molar-refractivity contribution in [2.45, 2.75) is 0 Å². The number of piperazine rings is 1. The number of carbonyl (C=O) groups excluding carboxylic acids is 1. The standard InChI is InChI=1S/C9H15N3O2/c1-14-8-9(13)12-6-4-11(3-2-10)5-7-12/h3-8H2,1H3. The molecular formula is C9H15N3O2. The van der Waals surface area contributed by atoms with Crippen molar-refractivity contribution >= 4 is 5.91 Å². The van der Waals surface area contributed by atoms with E-state index in [0.717, 1.165) is 13.1 Å². The molecule has 1 aliphatic heterocycles. The first kappa shape index (κ1) is 11.0. The van der Waals surface area contributed by atoms with Crippen molar-refractivity contribution in [3.63, 3.8) is 0 Å². The van der Waals surface area contributed by atoms with E-state index < -0.39 is 0 Å². The highest BCUT2D eigenvalue weighted by molar-refractivity contribution is 5.77. The first-order chi connectivity index (χ1) is 6.77. The fourth-order valence-corrected chi connectivity index (χ4v) is 1.47. The molecule has 1 aliphatic rings. The molecule has 0 spiro atoms. The molecule has 1 amide bonds. The molecule has 0 atom stereocenters. The number of amides is 1. The Labute approximate surface area is 83.8 Å². The van der Waals surface area contributed by atoms with Gasteiger partial charge >= 0.3 is 0 Å². The van der Waals surface area contributed by atoms with Crippen LogP contribution in [0.3, 0.4) is 0 Å². The monoisotopic (exact) mass is 197 g/mol. The number of hydrogen-bond acceptors (Lipinski definition) is 4. The van der Waals surface area contributed by atoms with Crippen LogP contribution >= 0.6 is 0 Å². The second-order valence-electron chi connectivity index (χ2n) is 3.25. The van der Waals surface area contributed by atoms with Crippen LogP contribution in [0.5, 0.6) is 0 Å². The lowest BCUT2D eigenvalue weighted by atomic mass is 10.3. The summed E-state index contributed by atoms with van der Waals surface area (Å²) in [5, 5.41) is 8.49. The first-order valence-electron chi connectivity index (χ1n) is 4.64. The van der Waals surface area contributed by atoms with Crippen molar-refractivity contribution in [3.05, 3.63) is 0 Å². The predicted octanol–water partition coefficient (Wildman–Crippen LogP) is -0.699. The Kier molecular flexibility index (Phi) is 4.36. The zero-order valence-electron chi connectivity index (χ0n) is 8.40. The van der Waals surface area contributed by atoms with Gasteiger partial charge in [-0.2, -0.15) is 5.26 Å². The van der Waals surface area contributed by atoms with Crippen LogP contribution in [-0.2, 0) is 9.53 Å². The number of nitriles is 1. The lowest BCUT2D eigenvalue weighted by molar-refractivity contribution is -0.136. The van der Waals surface area contributed by atoms with E-state index >= 15 is 0 Å². The number of nitrogens with zero attached hydrogens (tertiary/aromatic N) is 3. The maximum absolute atomic E-state index is 11.4. The Hall–Kier alpha value is -1.12. The van der Waals surface area contributed by atoms with E-state index in [4.69, 9.17) is 10.00 Å². The van der Waals surface area contributed by atoms with Crippen LogP contribution in [-0.4, -0.2) is 62.1 Å². The number of methoxy groups -OCH3 is 1. The van der Waals surface area contributed by atoms with Gasteiger partial charge in [0.2, 0.25) is 5.91 Å². The van der Waals surface area contributed by atoms with Crippen LogP contribution in [0.1, 0.15) is 0 Å². The summed E-state index contributed by atoms with van der Waals surface area (Å²) >= 11 is 0. The molecule has 5 heteroatoms. The molecular weight excluding hydrogens is 182 g/mol. The van der Waals surface area contributed by atoms with Crippen molar-refractivity contribution in [1.29, 1.82) is 5.26 Å². The zero-order chi connectivity index (χ0) is 10.4. The van der Waals surface area contributed by atoms with E-state index in [1.807, 2.05) is 4.90 Å². The Morgan fingerprint density at radius 3 is 2.57 bits per heavy atom. The summed E-state index contributed by atoms with van der Waals surface area (Å²) in [6.07, 6.45) is 0. The third-order valence-corrected chi connectivity index (χ3v) is 2.29. The topological polar surface area (TPSA) is 56.6 Å². The van der Waals surface area contributed by atoms with Gasteiger partial charge in [-0.15, -0.1) is 0 Å². The number of ether oxygens (including phenoxy) is 1. The molecule has 0 N–H and O–H groups in total. The summed E-state index contributed by atoms with van der Waals surface area (Å²) < 4.78 is 4.77. The van der Waals surface area contributed by atoms with Gasteiger partial charge in [-0.25, -0.2) is 0 Å². The average Bonchev–Trinajstić information content (AvgIpc) is 2.20. The molecule has 0 unspecified atom stereocenters. The first-order valence-corrected chi connectivity index (χ1v) is 4.64. The Morgan fingerprint density at radius 1 is 1.43 bits per heavy atom. The molecule has 0 bridgehead atoms. The van der Waals surface area contributed by atoms with Crippen molar-refractivity contribution in [1.82, 2.24) is 9.80 Å². The van der Waals surface area contributed by atoms with Crippen LogP contribution in [0.15, 0.2) is 0 Å². The molecule has 5 nitrogen and oxygen atoms in total. The molecule has 1 fully saturated rings. The van der Waals surface area contributed by atoms with Crippen LogP contribution in [0, 0.1) is 11.3 Å². The smallest absolute Gasteiger partial charge is 0.248 e. The van der Waals surface area contributed by atoms with Crippen LogP contribution in [0.2, 0.25) is 0 Å². The number of hydrogen-bond donors (Lipinski definition) is 0. The van der Waals surface area contributed by atoms with Crippen LogP contribution in [0.25, 0.3) is 0 Å². The maximum atomic E-state index is 11.4. The summed E-state index contributed by atoms with van der Waals surface area (Å²) in [6, 6.07) is 2.10. The van der Waals surface area contributed by atoms with E-state index in [1.54, 1.807) is 4.90 Å². The molecule has 78 valence electrons. The Morgan fingerprint density at radius 2 is 2.07 bits per heavy atom. The van der Waals surface area contributed by atoms with E-state index in [2.05, 4.69) is 6.07 Å². The fraction of sp³-hybridized carbons (Fsp3) is 0.778. The van der Waals surface area contributed by atoms with Crippen LogP contribution in [0.4, 0.5) is 0 Å². The van der Waals surface area contributed by atoms with E-state index in [1.165, 1.54) is 7.11 Å². The van der Waals surface area contributed by atoms with E-state index in [-0.39, 0.29) is 12.5 Å². The summed E-state index contributed by atoms with van der Waals surface area (Å²) in [5.74, 6) is 0.0316. The zero-order valence-corrected chi connectivity index (χ0v) is 8.40. The Balaban J connectivity index is 2.28. The fourth-order valence-electron chi connectivity index (χ4n) is 1.47. The van der Waals surface area contributed by atoms with Gasteiger partial charge in [0.05, 0.1) is 12.6 Å².